The van der Waals surface area contributed by atoms with E-state index in [2.05, 4.69) is 37.5 Å². The zero-order valence-electron chi connectivity index (χ0n) is 12.7. The van der Waals surface area contributed by atoms with Crippen LogP contribution in [-0.2, 0) is 5.41 Å². The molecule has 4 heteroatoms. The zero-order valence-corrected chi connectivity index (χ0v) is 12.7. The van der Waals surface area contributed by atoms with Crippen molar-refractivity contribution in [2.75, 3.05) is 20.7 Å². The summed E-state index contributed by atoms with van der Waals surface area (Å²) in [4.78, 5) is 11.3. The average Bonchev–Trinajstić information content (AvgIpc) is 2.38. The highest BCUT2D eigenvalue weighted by Gasteiger charge is 2.24. The topological polar surface area (TPSA) is 50.4 Å². The lowest BCUT2D eigenvalue weighted by Crippen LogP contribution is -2.41. The van der Waals surface area contributed by atoms with E-state index < -0.39 is 0 Å². The fourth-order valence-electron chi connectivity index (χ4n) is 2.22. The van der Waals surface area contributed by atoms with Gasteiger partial charge in [-0.3, -0.25) is 0 Å². The quantitative estimate of drug-likeness (QED) is 0.878. The Hall–Kier alpha value is -1.71. The average molecular weight is 264 g/mol. The molecular formula is C15H24N2O2. The van der Waals surface area contributed by atoms with Crippen molar-refractivity contribution in [3.8, 4) is 5.75 Å². The van der Waals surface area contributed by atoms with Crippen LogP contribution in [0.3, 0.4) is 0 Å². The number of ether oxygens (including phenoxy) is 1. The van der Waals surface area contributed by atoms with E-state index in [9.17, 15) is 4.79 Å². The maximum atomic E-state index is 11.3. The first-order chi connectivity index (χ1) is 8.81. The molecule has 2 N–H and O–H groups in total. The molecular weight excluding hydrogens is 240 g/mol. The van der Waals surface area contributed by atoms with Crippen molar-refractivity contribution >= 4 is 6.03 Å². The highest BCUT2D eigenvalue weighted by molar-refractivity contribution is 5.73. The Morgan fingerprint density at radius 1 is 1.26 bits per heavy atom. The van der Waals surface area contributed by atoms with Gasteiger partial charge in [-0.25, -0.2) is 4.79 Å². The molecule has 106 valence electrons. The Bertz CT molecular complexity index is 467. The minimum Gasteiger partial charge on any atom is -0.496 e. The molecule has 0 saturated carbocycles. The minimum atomic E-state index is -0.157. The highest BCUT2D eigenvalue weighted by Crippen LogP contribution is 2.31. The molecule has 0 aliphatic heterocycles. The van der Waals surface area contributed by atoms with Gasteiger partial charge in [-0.1, -0.05) is 19.9 Å². The largest absolute Gasteiger partial charge is 0.496 e. The van der Waals surface area contributed by atoms with Crippen molar-refractivity contribution in [1.29, 1.82) is 0 Å². The Balaban J connectivity index is 3.00. The van der Waals surface area contributed by atoms with Gasteiger partial charge in [0.15, 0.2) is 0 Å². The van der Waals surface area contributed by atoms with Crippen LogP contribution in [0.2, 0.25) is 0 Å². The third-order valence-electron chi connectivity index (χ3n) is 3.39. The van der Waals surface area contributed by atoms with Crippen LogP contribution in [0.15, 0.2) is 12.1 Å². The second kappa shape index (κ2) is 5.95. The lowest BCUT2D eigenvalue weighted by atomic mass is 9.81. The van der Waals surface area contributed by atoms with Crippen molar-refractivity contribution in [2.24, 2.45) is 0 Å². The van der Waals surface area contributed by atoms with Gasteiger partial charge in [-0.15, -0.1) is 0 Å². The van der Waals surface area contributed by atoms with Crippen LogP contribution in [0, 0.1) is 13.8 Å². The van der Waals surface area contributed by atoms with E-state index in [0.717, 1.165) is 11.3 Å². The molecule has 19 heavy (non-hydrogen) atoms. The van der Waals surface area contributed by atoms with Gasteiger partial charge in [0.2, 0.25) is 0 Å². The molecule has 0 bridgehead atoms. The van der Waals surface area contributed by atoms with E-state index in [-0.39, 0.29) is 11.4 Å². The van der Waals surface area contributed by atoms with Gasteiger partial charge in [0, 0.05) is 19.0 Å². The second-order valence-corrected chi connectivity index (χ2v) is 5.45. The Labute approximate surface area is 115 Å². The summed E-state index contributed by atoms with van der Waals surface area (Å²) in [5.41, 5.74) is 3.37. The van der Waals surface area contributed by atoms with Crippen LogP contribution >= 0.6 is 0 Å². The molecule has 0 unspecified atom stereocenters. The summed E-state index contributed by atoms with van der Waals surface area (Å²) >= 11 is 0. The Kier molecular flexibility index (Phi) is 4.81. The number of rotatable bonds is 4. The maximum absolute atomic E-state index is 11.3. The van der Waals surface area contributed by atoms with E-state index in [1.54, 1.807) is 14.2 Å². The summed E-state index contributed by atoms with van der Waals surface area (Å²) in [7, 11) is 3.30. The Morgan fingerprint density at radius 3 is 2.42 bits per heavy atom. The van der Waals surface area contributed by atoms with Crippen LogP contribution in [0.5, 0.6) is 5.75 Å². The summed E-state index contributed by atoms with van der Waals surface area (Å²) in [6, 6.07) is 4.03. The number of urea groups is 1. The lowest BCUT2D eigenvalue weighted by Gasteiger charge is -2.28. The van der Waals surface area contributed by atoms with Crippen molar-refractivity contribution in [1.82, 2.24) is 10.6 Å². The number of hydrogen-bond acceptors (Lipinski definition) is 2. The third kappa shape index (κ3) is 3.63. The lowest BCUT2D eigenvalue weighted by molar-refractivity contribution is 0.240. The van der Waals surface area contributed by atoms with Crippen LogP contribution in [0.25, 0.3) is 0 Å². The predicted molar refractivity (Wildman–Crippen MR) is 78.0 cm³/mol. The molecule has 1 aromatic carbocycles. The molecule has 0 atom stereocenters. The van der Waals surface area contributed by atoms with E-state index in [1.165, 1.54) is 11.1 Å². The molecule has 0 saturated heterocycles. The molecule has 2 amide bonds. The molecule has 0 aliphatic rings. The van der Waals surface area contributed by atoms with Gasteiger partial charge >= 0.3 is 6.03 Å². The summed E-state index contributed by atoms with van der Waals surface area (Å²) < 4.78 is 5.33. The molecule has 0 radical (unpaired) electrons. The predicted octanol–water partition coefficient (Wildman–Crippen LogP) is 2.52. The number of carbonyl (C=O) groups excluding carboxylic acids is 1. The summed E-state index contributed by atoms with van der Waals surface area (Å²) in [6.45, 7) is 8.93. The minimum absolute atomic E-state index is 0.131. The fourth-order valence-corrected chi connectivity index (χ4v) is 2.22. The van der Waals surface area contributed by atoms with Crippen LogP contribution < -0.4 is 15.4 Å². The molecule has 1 rings (SSSR count). The number of carbonyl (C=O) groups is 1. The fraction of sp³-hybridized carbons (Fsp3) is 0.533. The van der Waals surface area contributed by atoms with Gasteiger partial charge in [-0.05, 0) is 36.6 Å². The zero-order chi connectivity index (χ0) is 14.6. The smallest absolute Gasteiger partial charge is 0.314 e. The van der Waals surface area contributed by atoms with Gasteiger partial charge in [0.25, 0.3) is 0 Å². The van der Waals surface area contributed by atoms with E-state index in [0.29, 0.717) is 6.54 Å². The van der Waals surface area contributed by atoms with Crippen molar-refractivity contribution in [2.45, 2.75) is 33.1 Å². The van der Waals surface area contributed by atoms with Gasteiger partial charge < -0.3 is 15.4 Å². The first-order valence-electron chi connectivity index (χ1n) is 6.43. The van der Waals surface area contributed by atoms with Crippen LogP contribution in [-0.4, -0.2) is 26.7 Å². The van der Waals surface area contributed by atoms with E-state index in [4.69, 9.17) is 4.74 Å². The standard InChI is InChI=1S/C15H24N2O2/c1-10-8-13(19-6)11(2)7-12(10)15(3,4)9-17-14(18)16-5/h7-8H,9H2,1-6H3,(H2,16,17,18). The molecule has 0 fully saturated rings. The monoisotopic (exact) mass is 264 g/mol. The molecule has 1 aromatic rings. The number of hydrogen-bond donors (Lipinski definition) is 2. The summed E-state index contributed by atoms with van der Waals surface area (Å²) in [6.07, 6.45) is 0. The molecule has 0 heterocycles. The van der Waals surface area contributed by atoms with Crippen LogP contribution in [0.4, 0.5) is 4.79 Å². The number of benzene rings is 1. The Morgan fingerprint density at radius 2 is 1.89 bits per heavy atom. The normalized spacial score (nSPS) is 11.1. The molecule has 0 aromatic heterocycles. The first-order valence-corrected chi connectivity index (χ1v) is 6.43. The SMILES string of the molecule is CNC(=O)NCC(C)(C)c1cc(C)c(OC)cc1C. The maximum Gasteiger partial charge on any atom is 0.314 e. The summed E-state index contributed by atoms with van der Waals surface area (Å²) in [5.74, 6) is 0.899. The molecule has 0 aliphatic carbocycles. The summed E-state index contributed by atoms with van der Waals surface area (Å²) in [5, 5.41) is 5.43. The molecule has 0 spiro atoms. The first kappa shape index (κ1) is 15.3. The third-order valence-corrected chi connectivity index (χ3v) is 3.39. The van der Waals surface area contributed by atoms with Crippen molar-refractivity contribution < 1.29 is 9.53 Å². The van der Waals surface area contributed by atoms with Crippen LogP contribution in [0.1, 0.15) is 30.5 Å². The number of aryl methyl sites for hydroxylation is 2. The van der Waals surface area contributed by atoms with Crippen molar-refractivity contribution in [3.05, 3.63) is 28.8 Å². The van der Waals surface area contributed by atoms with E-state index in [1.807, 2.05) is 13.0 Å². The second-order valence-electron chi connectivity index (χ2n) is 5.45. The number of nitrogens with one attached hydrogen (secondary N) is 2. The molecule has 4 nitrogen and oxygen atoms in total. The van der Waals surface area contributed by atoms with Gasteiger partial charge in [0.05, 0.1) is 7.11 Å². The highest BCUT2D eigenvalue weighted by atomic mass is 16.5. The van der Waals surface area contributed by atoms with Gasteiger partial charge in [0.1, 0.15) is 5.75 Å². The number of methoxy groups -OCH3 is 1. The van der Waals surface area contributed by atoms with Crippen molar-refractivity contribution in [3.63, 3.8) is 0 Å². The van der Waals surface area contributed by atoms with Gasteiger partial charge in [-0.2, -0.15) is 0 Å². The number of amides is 2. The van der Waals surface area contributed by atoms with E-state index >= 15 is 0 Å².